The molecule has 1 aliphatic rings. The predicted octanol–water partition coefficient (Wildman–Crippen LogP) is 3.74. The van der Waals surface area contributed by atoms with Gasteiger partial charge in [0, 0.05) is 52.5 Å². The van der Waals surface area contributed by atoms with Crippen molar-refractivity contribution in [2.45, 2.75) is 66.4 Å². The normalized spacial score (nSPS) is 15.4. The van der Waals surface area contributed by atoms with E-state index >= 15 is 0 Å². The zero-order valence-electron chi connectivity index (χ0n) is 21.2. The Morgan fingerprint density at radius 3 is 2.38 bits per heavy atom. The van der Waals surface area contributed by atoms with Crippen LogP contribution in [0, 0.1) is 19.8 Å². The van der Waals surface area contributed by atoms with Crippen molar-refractivity contribution in [1.82, 2.24) is 24.9 Å². The summed E-state index contributed by atoms with van der Waals surface area (Å²) in [5.74, 6) is 1.44. The van der Waals surface area contributed by atoms with E-state index in [0.29, 0.717) is 12.5 Å². The largest absolute Gasteiger partial charge is 0.444 e. The Morgan fingerprint density at radius 2 is 1.91 bits per heavy atom. The minimum Gasteiger partial charge on any atom is -0.444 e. The number of ether oxygens (including phenoxy) is 1. The number of aryl methyl sites for hydroxylation is 2. The number of carbonyl (C=O) groups is 1. The quantitative estimate of drug-likeness (QED) is 0.325. The van der Waals surface area contributed by atoms with E-state index < -0.39 is 5.60 Å². The Morgan fingerprint density at radius 1 is 1.28 bits per heavy atom. The summed E-state index contributed by atoms with van der Waals surface area (Å²) in [6.07, 6.45) is 2.81. The van der Waals surface area contributed by atoms with Crippen LogP contribution in [0.3, 0.4) is 0 Å². The molecule has 2 rings (SSSR count). The lowest BCUT2D eigenvalue weighted by atomic mass is 9.96. The molecule has 1 aromatic heterocycles. The maximum absolute atomic E-state index is 12.4. The number of carbonyl (C=O) groups excluding carboxylic acids is 1. The molecule has 2 heterocycles. The third-order valence-electron chi connectivity index (χ3n) is 5.95. The fraction of sp³-hybridized carbons (Fsp3) is 0.783. The summed E-state index contributed by atoms with van der Waals surface area (Å²) in [6, 6.07) is 0. The Bertz CT molecular complexity index is 763. The van der Waals surface area contributed by atoms with Crippen LogP contribution in [-0.2, 0) is 18.2 Å². The van der Waals surface area contributed by atoms with E-state index in [1.165, 1.54) is 11.3 Å². The van der Waals surface area contributed by atoms with Crippen LogP contribution in [0.5, 0.6) is 0 Å². The van der Waals surface area contributed by atoms with E-state index in [2.05, 4.69) is 34.2 Å². The molecule has 0 aromatic carbocycles. The number of likely N-dealkylation sites (tertiary alicyclic amines) is 1. The summed E-state index contributed by atoms with van der Waals surface area (Å²) in [4.78, 5) is 21.1. The smallest absolute Gasteiger partial charge is 0.410 e. The predicted molar refractivity (Wildman–Crippen MR) is 141 cm³/mol. The van der Waals surface area contributed by atoms with Crippen molar-refractivity contribution < 1.29 is 9.53 Å². The zero-order valence-corrected chi connectivity index (χ0v) is 23.5. The second-order valence-corrected chi connectivity index (χ2v) is 9.45. The van der Waals surface area contributed by atoms with Crippen LogP contribution in [0.25, 0.3) is 0 Å². The van der Waals surface area contributed by atoms with Gasteiger partial charge in [0.25, 0.3) is 0 Å². The number of aromatic nitrogens is 2. The monoisotopic (exact) mass is 562 g/mol. The summed E-state index contributed by atoms with van der Waals surface area (Å²) < 4.78 is 7.50. The number of halogens is 1. The summed E-state index contributed by atoms with van der Waals surface area (Å²) in [6.45, 7) is 16.1. The van der Waals surface area contributed by atoms with Crippen LogP contribution in [0.15, 0.2) is 4.99 Å². The molecule has 0 radical (unpaired) electrons. The summed E-state index contributed by atoms with van der Waals surface area (Å²) in [5, 5.41) is 8.02. The molecule has 0 aliphatic carbocycles. The Kier molecular flexibility index (Phi) is 11.3. The van der Waals surface area contributed by atoms with Crippen molar-refractivity contribution in [3.8, 4) is 0 Å². The molecule has 1 aliphatic heterocycles. The van der Waals surface area contributed by atoms with Crippen molar-refractivity contribution in [1.29, 1.82) is 0 Å². The van der Waals surface area contributed by atoms with Crippen molar-refractivity contribution in [3.05, 3.63) is 17.0 Å². The van der Waals surface area contributed by atoms with E-state index in [0.717, 1.165) is 57.1 Å². The number of hydrogen-bond donors (Lipinski definition) is 1. The van der Waals surface area contributed by atoms with Gasteiger partial charge >= 0.3 is 6.09 Å². The molecule has 1 saturated heterocycles. The van der Waals surface area contributed by atoms with Crippen LogP contribution >= 0.6 is 24.0 Å². The fourth-order valence-electron chi connectivity index (χ4n) is 4.11. The maximum Gasteiger partial charge on any atom is 0.410 e. The average Bonchev–Trinajstić information content (AvgIpc) is 2.94. The van der Waals surface area contributed by atoms with Crippen molar-refractivity contribution >= 4 is 36.0 Å². The summed E-state index contributed by atoms with van der Waals surface area (Å²) in [7, 11) is 3.83. The number of amides is 1. The molecule has 32 heavy (non-hydrogen) atoms. The van der Waals surface area contributed by atoms with E-state index in [4.69, 9.17) is 4.74 Å². The third kappa shape index (κ3) is 8.12. The first kappa shape index (κ1) is 28.5. The van der Waals surface area contributed by atoms with Gasteiger partial charge in [-0.25, -0.2) is 4.79 Å². The SMILES string of the molecule is CCN(CC1CCN(C(=NC)NCCc2c(C)nn(C)c2C)CC1)C(=O)OC(C)(C)C.I. The molecule has 1 amide bonds. The highest BCUT2D eigenvalue weighted by atomic mass is 127. The second-order valence-electron chi connectivity index (χ2n) is 9.45. The van der Waals surface area contributed by atoms with Crippen LogP contribution < -0.4 is 5.32 Å². The molecular formula is C23H43IN6O2. The summed E-state index contributed by atoms with van der Waals surface area (Å²) in [5.41, 5.74) is 3.17. The van der Waals surface area contributed by atoms with Gasteiger partial charge in [-0.15, -0.1) is 24.0 Å². The molecule has 0 unspecified atom stereocenters. The van der Waals surface area contributed by atoms with Gasteiger partial charge in [-0.2, -0.15) is 5.10 Å². The highest BCUT2D eigenvalue weighted by Crippen LogP contribution is 2.20. The van der Waals surface area contributed by atoms with Gasteiger partial charge in [-0.05, 0) is 72.3 Å². The first-order valence-corrected chi connectivity index (χ1v) is 11.5. The average molecular weight is 563 g/mol. The molecule has 1 aromatic rings. The maximum atomic E-state index is 12.4. The van der Waals surface area contributed by atoms with E-state index in [1.807, 2.05) is 51.4 Å². The molecule has 0 spiro atoms. The molecule has 1 N–H and O–H groups in total. The van der Waals surface area contributed by atoms with Gasteiger partial charge in [0.2, 0.25) is 0 Å². The fourth-order valence-corrected chi connectivity index (χ4v) is 4.11. The van der Waals surface area contributed by atoms with E-state index in [-0.39, 0.29) is 30.1 Å². The first-order chi connectivity index (χ1) is 14.6. The van der Waals surface area contributed by atoms with Crippen LogP contribution in [0.1, 0.15) is 57.5 Å². The lowest BCUT2D eigenvalue weighted by molar-refractivity contribution is 0.0214. The summed E-state index contributed by atoms with van der Waals surface area (Å²) >= 11 is 0. The number of nitrogens with one attached hydrogen (secondary N) is 1. The zero-order chi connectivity index (χ0) is 23.2. The highest BCUT2D eigenvalue weighted by Gasteiger charge is 2.27. The molecule has 0 saturated carbocycles. The number of rotatable bonds is 6. The molecule has 184 valence electrons. The number of guanidine groups is 1. The number of hydrogen-bond acceptors (Lipinski definition) is 4. The first-order valence-electron chi connectivity index (χ1n) is 11.5. The standard InChI is InChI=1S/C23H42N6O2.HI/c1-9-28(22(30)31-23(4,5)6)16-19-11-14-29(15-12-19)21(24-7)25-13-10-20-17(2)26-27(8)18(20)3;/h19H,9-16H2,1-8H3,(H,24,25);1H. The van der Waals surface area contributed by atoms with E-state index in [9.17, 15) is 4.79 Å². The number of nitrogens with zero attached hydrogens (tertiary/aromatic N) is 5. The Labute approximate surface area is 211 Å². The Hall–Kier alpha value is -1.52. The van der Waals surface area contributed by atoms with Crippen molar-refractivity contribution in [2.75, 3.05) is 39.8 Å². The lowest BCUT2D eigenvalue weighted by Gasteiger charge is -2.36. The minimum atomic E-state index is -0.459. The molecule has 9 heteroatoms. The van der Waals surface area contributed by atoms with Gasteiger partial charge in [0.05, 0.1) is 5.69 Å². The molecule has 8 nitrogen and oxygen atoms in total. The third-order valence-corrected chi connectivity index (χ3v) is 5.95. The van der Waals surface area contributed by atoms with Crippen LogP contribution in [0.4, 0.5) is 4.79 Å². The molecular weight excluding hydrogens is 519 g/mol. The lowest BCUT2D eigenvalue weighted by Crippen LogP contribution is -2.48. The van der Waals surface area contributed by atoms with Gasteiger partial charge < -0.3 is 19.9 Å². The van der Waals surface area contributed by atoms with Gasteiger partial charge in [0.1, 0.15) is 5.60 Å². The van der Waals surface area contributed by atoms with Crippen molar-refractivity contribution in [2.24, 2.45) is 18.0 Å². The topological polar surface area (TPSA) is 75.0 Å². The van der Waals surface area contributed by atoms with Gasteiger partial charge in [0.15, 0.2) is 5.96 Å². The second kappa shape index (κ2) is 12.6. The minimum absolute atomic E-state index is 0. The van der Waals surface area contributed by atoms with Crippen LogP contribution in [-0.4, -0.2) is 77.0 Å². The highest BCUT2D eigenvalue weighted by molar-refractivity contribution is 14.0. The van der Waals surface area contributed by atoms with Crippen molar-refractivity contribution in [3.63, 3.8) is 0 Å². The molecule has 1 fully saturated rings. The van der Waals surface area contributed by atoms with E-state index in [1.54, 1.807) is 0 Å². The van der Waals surface area contributed by atoms with Gasteiger partial charge in [-0.3, -0.25) is 9.67 Å². The number of piperidine rings is 1. The molecule has 0 atom stereocenters. The van der Waals surface area contributed by atoms with Gasteiger partial charge in [-0.1, -0.05) is 0 Å². The molecule has 0 bridgehead atoms. The number of aliphatic imine (C=N–C) groups is 1. The Balaban J connectivity index is 0.00000512. The van der Waals surface area contributed by atoms with Crippen LogP contribution in [0.2, 0.25) is 0 Å².